The van der Waals surface area contributed by atoms with Gasteiger partial charge in [-0.05, 0) is 39.0 Å². The fourth-order valence-corrected chi connectivity index (χ4v) is 2.10. The highest BCUT2D eigenvalue weighted by atomic mass is 15.4. The van der Waals surface area contributed by atoms with E-state index in [1.165, 1.54) is 12.8 Å². The summed E-state index contributed by atoms with van der Waals surface area (Å²) in [6, 6.07) is 0.391. The van der Waals surface area contributed by atoms with Crippen LogP contribution in [-0.4, -0.2) is 48.2 Å². The SMILES string of the molecule is CCCNc1nc(N(C)C)nc(N(CC2CC2)C(C)C)n1. The molecule has 0 saturated heterocycles. The topological polar surface area (TPSA) is 57.2 Å². The second-order valence-electron chi connectivity index (χ2n) is 6.27. The molecule has 0 amide bonds. The molecule has 1 aliphatic rings. The van der Waals surface area contributed by atoms with Gasteiger partial charge in [-0.3, -0.25) is 0 Å². The average Bonchev–Trinajstić information content (AvgIpc) is 3.25. The highest BCUT2D eigenvalue weighted by Crippen LogP contribution is 2.31. The van der Waals surface area contributed by atoms with Crippen LogP contribution >= 0.6 is 0 Å². The summed E-state index contributed by atoms with van der Waals surface area (Å²) in [5.74, 6) is 2.97. The lowest BCUT2D eigenvalue weighted by atomic mass is 10.3. The van der Waals surface area contributed by atoms with Crippen LogP contribution in [0.3, 0.4) is 0 Å². The quantitative estimate of drug-likeness (QED) is 0.794. The molecule has 118 valence electrons. The van der Waals surface area contributed by atoms with E-state index in [1.54, 1.807) is 0 Å². The predicted octanol–water partition coefficient (Wildman–Crippen LogP) is 2.38. The minimum absolute atomic E-state index is 0.391. The molecule has 1 fully saturated rings. The minimum Gasteiger partial charge on any atom is -0.354 e. The molecule has 0 atom stereocenters. The molecule has 6 nitrogen and oxygen atoms in total. The zero-order valence-electron chi connectivity index (χ0n) is 13.9. The number of rotatable bonds is 8. The Labute approximate surface area is 128 Å². The Morgan fingerprint density at radius 2 is 1.81 bits per heavy atom. The van der Waals surface area contributed by atoms with E-state index >= 15 is 0 Å². The van der Waals surface area contributed by atoms with Gasteiger partial charge in [0.05, 0.1) is 0 Å². The molecule has 1 saturated carbocycles. The highest BCUT2D eigenvalue weighted by molar-refractivity contribution is 5.45. The standard InChI is InChI=1S/C15H28N6/c1-6-9-16-13-17-14(20(4)5)19-15(18-13)21(11(2)3)10-12-7-8-12/h11-12H,6-10H2,1-5H3,(H,16,17,18,19). The van der Waals surface area contributed by atoms with E-state index in [0.29, 0.717) is 17.9 Å². The first-order valence-electron chi connectivity index (χ1n) is 7.95. The van der Waals surface area contributed by atoms with E-state index in [1.807, 2.05) is 19.0 Å². The molecule has 1 heterocycles. The van der Waals surface area contributed by atoms with Gasteiger partial charge in [-0.25, -0.2) is 0 Å². The molecule has 0 aromatic carbocycles. The third-order valence-corrected chi connectivity index (χ3v) is 3.58. The lowest BCUT2D eigenvalue weighted by Crippen LogP contribution is -2.35. The number of nitrogens with zero attached hydrogens (tertiary/aromatic N) is 5. The zero-order chi connectivity index (χ0) is 15.4. The van der Waals surface area contributed by atoms with E-state index in [4.69, 9.17) is 0 Å². The molecule has 1 aromatic rings. The third kappa shape index (κ3) is 4.44. The Bertz CT molecular complexity index is 455. The van der Waals surface area contributed by atoms with Crippen molar-refractivity contribution in [3.05, 3.63) is 0 Å². The van der Waals surface area contributed by atoms with Gasteiger partial charge in [-0.15, -0.1) is 0 Å². The maximum Gasteiger partial charge on any atom is 0.232 e. The summed E-state index contributed by atoms with van der Waals surface area (Å²) in [6.07, 6.45) is 3.71. The van der Waals surface area contributed by atoms with Crippen LogP contribution in [0.1, 0.15) is 40.0 Å². The third-order valence-electron chi connectivity index (χ3n) is 3.58. The molecule has 21 heavy (non-hydrogen) atoms. The first-order valence-corrected chi connectivity index (χ1v) is 7.95. The van der Waals surface area contributed by atoms with Crippen LogP contribution < -0.4 is 15.1 Å². The number of hydrogen-bond donors (Lipinski definition) is 1. The van der Waals surface area contributed by atoms with Gasteiger partial charge >= 0.3 is 0 Å². The van der Waals surface area contributed by atoms with Gasteiger partial charge in [0.1, 0.15) is 0 Å². The fraction of sp³-hybridized carbons (Fsp3) is 0.800. The molecule has 2 rings (SSSR count). The maximum atomic E-state index is 4.63. The fourth-order valence-electron chi connectivity index (χ4n) is 2.10. The van der Waals surface area contributed by atoms with E-state index in [0.717, 1.165) is 31.4 Å². The van der Waals surface area contributed by atoms with Crippen LogP contribution in [-0.2, 0) is 0 Å². The summed E-state index contributed by atoms with van der Waals surface area (Å²) in [4.78, 5) is 18.0. The normalized spacial score (nSPS) is 14.4. The monoisotopic (exact) mass is 292 g/mol. The number of hydrogen-bond acceptors (Lipinski definition) is 6. The van der Waals surface area contributed by atoms with Gasteiger partial charge < -0.3 is 15.1 Å². The largest absolute Gasteiger partial charge is 0.354 e. The van der Waals surface area contributed by atoms with Crippen molar-refractivity contribution in [2.45, 2.75) is 46.1 Å². The molecule has 1 aliphatic carbocycles. The molecule has 0 radical (unpaired) electrons. The van der Waals surface area contributed by atoms with Gasteiger partial charge in [0.25, 0.3) is 0 Å². The second-order valence-corrected chi connectivity index (χ2v) is 6.27. The summed E-state index contributed by atoms with van der Waals surface area (Å²) in [6.45, 7) is 8.44. The molecule has 0 bridgehead atoms. The van der Waals surface area contributed by atoms with Crippen molar-refractivity contribution in [3.63, 3.8) is 0 Å². The first kappa shape index (κ1) is 15.8. The summed E-state index contributed by atoms with van der Waals surface area (Å²) in [5.41, 5.74) is 0. The van der Waals surface area contributed by atoms with Gasteiger partial charge in [0.2, 0.25) is 17.8 Å². The van der Waals surface area contributed by atoms with Crippen LogP contribution in [0.15, 0.2) is 0 Å². The second kappa shape index (κ2) is 6.91. The molecular formula is C15H28N6. The average molecular weight is 292 g/mol. The van der Waals surface area contributed by atoms with Crippen molar-refractivity contribution < 1.29 is 0 Å². The first-order chi connectivity index (χ1) is 10.0. The minimum atomic E-state index is 0.391. The van der Waals surface area contributed by atoms with Crippen molar-refractivity contribution in [1.29, 1.82) is 0 Å². The summed E-state index contributed by atoms with van der Waals surface area (Å²) < 4.78 is 0. The van der Waals surface area contributed by atoms with E-state index in [-0.39, 0.29) is 0 Å². The Kier molecular flexibility index (Phi) is 5.20. The zero-order valence-corrected chi connectivity index (χ0v) is 13.9. The number of nitrogens with one attached hydrogen (secondary N) is 1. The van der Waals surface area contributed by atoms with Crippen molar-refractivity contribution >= 4 is 17.8 Å². The van der Waals surface area contributed by atoms with E-state index in [2.05, 4.69) is 45.9 Å². The van der Waals surface area contributed by atoms with Crippen molar-refractivity contribution in [2.24, 2.45) is 5.92 Å². The predicted molar refractivity (Wildman–Crippen MR) is 88.1 cm³/mol. The van der Waals surface area contributed by atoms with Crippen molar-refractivity contribution in [3.8, 4) is 0 Å². The Morgan fingerprint density at radius 3 is 2.33 bits per heavy atom. The molecular weight excluding hydrogens is 264 g/mol. The Hall–Kier alpha value is -1.59. The van der Waals surface area contributed by atoms with Gasteiger partial charge in [0, 0.05) is 33.2 Å². The van der Waals surface area contributed by atoms with Crippen LogP contribution in [0, 0.1) is 5.92 Å². The van der Waals surface area contributed by atoms with Gasteiger partial charge in [-0.1, -0.05) is 6.92 Å². The number of anilines is 3. The summed E-state index contributed by atoms with van der Waals surface area (Å²) in [7, 11) is 3.92. The molecule has 0 spiro atoms. The smallest absolute Gasteiger partial charge is 0.232 e. The molecule has 0 unspecified atom stereocenters. The Morgan fingerprint density at radius 1 is 1.14 bits per heavy atom. The number of aromatic nitrogens is 3. The van der Waals surface area contributed by atoms with Crippen LogP contribution in [0.2, 0.25) is 0 Å². The molecule has 0 aliphatic heterocycles. The molecule has 1 N–H and O–H groups in total. The molecule has 1 aromatic heterocycles. The van der Waals surface area contributed by atoms with Gasteiger partial charge in [-0.2, -0.15) is 15.0 Å². The van der Waals surface area contributed by atoms with E-state index < -0.39 is 0 Å². The van der Waals surface area contributed by atoms with Crippen molar-refractivity contribution in [1.82, 2.24) is 15.0 Å². The molecule has 6 heteroatoms. The van der Waals surface area contributed by atoms with Crippen LogP contribution in [0.25, 0.3) is 0 Å². The lowest BCUT2D eigenvalue weighted by Gasteiger charge is -2.27. The highest BCUT2D eigenvalue weighted by Gasteiger charge is 2.27. The lowest BCUT2D eigenvalue weighted by molar-refractivity contribution is 0.625. The van der Waals surface area contributed by atoms with E-state index in [9.17, 15) is 0 Å². The summed E-state index contributed by atoms with van der Waals surface area (Å²) >= 11 is 0. The van der Waals surface area contributed by atoms with Gasteiger partial charge in [0.15, 0.2) is 0 Å². The van der Waals surface area contributed by atoms with Crippen molar-refractivity contribution in [2.75, 3.05) is 42.3 Å². The van der Waals surface area contributed by atoms with Crippen LogP contribution in [0.4, 0.5) is 17.8 Å². The maximum absolute atomic E-state index is 4.63. The Balaban J connectivity index is 2.27. The van der Waals surface area contributed by atoms with Crippen LogP contribution in [0.5, 0.6) is 0 Å². The summed E-state index contributed by atoms with van der Waals surface area (Å²) in [5, 5.41) is 3.28.